The van der Waals surface area contributed by atoms with Gasteiger partial charge in [-0.15, -0.1) is 0 Å². The maximum atomic E-state index is 12.5. The van der Waals surface area contributed by atoms with Gasteiger partial charge in [-0.25, -0.2) is 4.79 Å². The molecular formula is C21H21N3O6. The van der Waals surface area contributed by atoms with Gasteiger partial charge in [0.2, 0.25) is 0 Å². The first-order valence-corrected chi connectivity index (χ1v) is 9.22. The zero-order valence-corrected chi connectivity index (χ0v) is 16.2. The van der Waals surface area contributed by atoms with Crippen LogP contribution in [0.1, 0.15) is 34.3 Å². The first-order valence-electron chi connectivity index (χ1n) is 9.22. The molecule has 0 bridgehead atoms. The average molecular weight is 411 g/mol. The zero-order chi connectivity index (χ0) is 21.7. The van der Waals surface area contributed by atoms with E-state index in [0.29, 0.717) is 35.4 Å². The summed E-state index contributed by atoms with van der Waals surface area (Å²) in [6.45, 7) is 0. The van der Waals surface area contributed by atoms with Crippen LogP contribution in [0.2, 0.25) is 0 Å². The Morgan fingerprint density at radius 1 is 1.17 bits per heavy atom. The number of aryl methyl sites for hydroxylation is 1. The van der Waals surface area contributed by atoms with Gasteiger partial charge in [0.05, 0.1) is 13.5 Å². The topological polar surface area (TPSA) is 138 Å². The predicted octanol–water partition coefficient (Wildman–Crippen LogP) is 2.79. The standard InChI is InChI=1S/C21H21N3O6/c1-29-21(28)24-19(22)12-2-4-13(5-3-12)20(27)23-15-7-9-17-14(10-15)6-8-16(30-17)11-18(25)26/h2-5,7,9-10,16H,6,8,11H2,1H3,(H,23,27)(H,25,26)(H2,22,24,28). The van der Waals surface area contributed by atoms with Crippen molar-refractivity contribution in [3.63, 3.8) is 0 Å². The van der Waals surface area contributed by atoms with E-state index in [-0.39, 0.29) is 24.3 Å². The molecule has 3 rings (SSSR count). The monoisotopic (exact) mass is 411 g/mol. The molecule has 1 heterocycles. The molecule has 0 aliphatic carbocycles. The molecule has 2 aromatic carbocycles. The number of carboxylic acid groups (broad SMARTS) is 1. The van der Waals surface area contributed by atoms with Gasteiger partial charge in [0.25, 0.3) is 5.91 Å². The molecule has 0 fully saturated rings. The highest BCUT2D eigenvalue weighted by Crippen LogP contribution is 2.31. The lowest BCUT2D eigenvalue weighted by molar-refractivity contribution is -0.139. The fraction of sp³-hybridized carbons (Fsp3) is 0.238. The molecule has 0 saturated carbocycles. The van der Waals surface area contributed by atoms with Crippen LogP contribution in [0.15, 0.2) is 42.5 Å². The number of alkyl carbamates (subject to hydrolysis) is 1. The molecule has 1 unspecified atom stereocenters. The number of hydrogen-bond donors (Lipinski definition) is 4. The Balaban J connectivity index is 1.63. The second-order valence-electron chi connectivity index (χ2n) is 6.72. The number of fused-ring (bicyclic) bond motifs is 1. The lowest BCUT2D eigenvalue weighted by atomic mass is 10.00. The van der Waals surface area contributed by atoms with E-state index in [4.69, 9.17) is 15.3 Å². The van der Waals surface area contributed by atoms with Gasteiger partial charge in [0.15, 0.2) is 0 Å². The summed E-state index contributed by atoms with van der Waals surface area (Å²) in [7, 11) is 1.21. The fourth-order valence-corrected chi connectivity index (χ4v) is 3.08. The smallest absolute Gasteiger partial charge is 0.412 e. The maximum absolute atomic E-state index is 12.5. The lowest BCUT2D eigenvalue weighted by Crippen LogP contribution is -2.30. The van der Waals surface area contributed by atoms with E-state index < -0.39 is 12.1 Å². The van der Waals surface area contributed by atoms with Crippen molar-refractivity contribution >= 4 is 29.5 Å². The molecule has 2 amide bonds. The minimum Gasteiger partial charge on any atom is -0.490 e. The second-order valence-corrected chi connectivity index (χ2v) is 6.72. The van der Waals surface area contributed by atoms with E-state index in [2.05, 4.69) is 15.4 Å². The highest BCUT2D eigenvalue weighted by atomic mass is 16.5. The number of anilines is 1. The summed E-state index contributed by atoms with van der Waals surface area (Å²) in [5.41, 5.74) is 2.33. The predicted molar refractivity (Wildman–Crippen MR) is 108 cm³/mol. The van der Waals surface area contributed by atoms with Crippen molar-refractivity contribution < 1.29 is 29.0 Å². The van der Waals surface area contributed by atoms with Crippen molar-refractivity contribution in [2.45, 2.75) is 25.4 Å². The van der Waals surface area contributed by atoms with E-state index in [1.165, 1.54) is 7.11 Å². The number of amidine groups is 1. The summed E-state index contributed by atoms with van der Waals surface area (Å²) in [5.74, 6) is -0.722. The molecule has 9 heteroatoms. The molecule has 30 heavy (non-hydrogen) atoms. The van der Waals surface area contributed by atoms with Gasteiger partial charge >= 0.3 is 12.1 Å². The summed E-state index contributed by atoms with van der Waals surface area (Å²) in [6, 6.07) is 11.4. The van der Waals surface area contributed by atoms with Crippen LogP contribution in [0.25, 0.3) is 0 Å². The highest BCUT2D eigenvalue weighted by Gasteiger charge is 2.22. The Morgan fingerprint density at radius 3 is 2.53 bits per heavy atom. The van der Waals surface area contributed by atoms with E-state index >= 15 is 0 Å². The molecule has 0 spiro atoms. The van der Waals surface area contributed by atoms with Crippen LogP contribution in [0.5, 0.6) is 5.75 Å². The number of rotatable bonds is 5. The molecule has 1 aliphatic rings. The number of benzene rings is 2. The number of hydrogen-bond acceptors (Lipinski definition) is 6. The molecule has 4 N–H and O–H groups in total. The van der Waals surface area contributed by atoms with Crippen molar-refractivity contribution in [1.82, 2.24) is 5.32 Å². The van der Waals surface area contributed by atoms with Crippen molar-refractivity contribution in [2.75, 3.05) is 12.4 Å². The average Bonchev–Trinajstić information content (AvgIpc) is 2.73. The van der Waals surface area contributed by atoms with Gasteiger partial charge in [-0.2, -0.15) is 0 Å². The fourth-order valence-electron chi connectivity index (χ4n) is 3.08. The summed E-state index contributed by atoms with van der Waals surface area (Å²) < 4.78 is 10.1. The number of ether oxygens (including phenoxy) is 2. The van der Waals surface area contributed by atoms with Crippen molar-refractivity contribution in [2.24, 2.45) is 0 Å². The van der Waals surface area contributed by atoms with Gasteiger partial charge in [-0.1, -0.05) is 12.1 Å². The molecule has 1 aliphatic heterocycles. The minimum atomic E-state index is -0.894. The molecule has 0 saturated heterocycles. The Kier molecular flexibility index (Phi) is 6.31. The van der Waals surface area contributed by atoms with Gasteiger partial charge in [0.1, 0.15) is 17.7 Å². The van der Waals surface area contributed by atoms with Crippen molar-refractivity contribution in [1.29, 1.82) is 5.41 Å². The highest BCUT2D eigenvalue weighted by molar-refractivity contribution is 6.07. The SMILES string of the molecule is COC(=O)NC(=N)c1ccc(C(=O)Nc2ccc3c(c2)CCC(CC(=O)O)O3)cc1. The molecule has 9 nitrogen and oxygen atoms in total. The number of methoxy groups -OCH3 is 1. The number of nitrogens with one attached hydrogen (secondary N) is 3. The van der Waals surface area contributed by atoms with E-state index in [1.54, 1.807) is 36.4 Å². The van der Waals surface area contributed by atoms with Gasteiger partial charge < -0.3 is 19.9 Å². The third-order valence-corrected chi connectivity index (χ3v) is 4.60. The summed E-state index contributed by atoms with van der Waals surface area (Å²) >= 11 is 0. The van der Waals surface area contributed by atoms with Gasteiger partial charge in [-0.3, -0.25) is 20.3 Å². The largest absolute Gasteiger partial charge is 0.490 e. The van der Waals surface area contributed by atoms with Crippen LogP contribution < -0.4 is 15.4 Å². The molecular weight excluding hydrogens is 390 g/mol. The van der Waals surface area contributed by atoms with Gasteiger partial charge in [-0.05, 0) is 48.7 Å². The van der Waals surface area contributed by atoms with Crippen LogP contribution in [-0.2, 0) is 16.0 Å². The Hall–Kier alpha value is -3.88. The number of carbonyl (C=O) groups excluding carboxylic acids is 2. The number of carboxylic acids is 1. The van der Waals surface area contributed by atoms with Gasteiger partial charge in [0, 0.05) is 16.8 Å². The van der Waals surface area contributed by atoms with Crippen LogP contribution in [0, 0.1) is 5.41 Å². The molecule has 0 aromatic heterocycles. The van der Waals surface area contributed by atoms with Crippen LogP contribution in [0.4, 0.5) is 10.5 Å². The summed E-state index contributed by atoms with van der Waals surface area (Å²) in [5, 5.41) is 21.8. The Labute approximate surface area is 172 Å². The Morgan fingerprint density at radius 2 is 1.87 bits per heavy atom. The maximum Gasteiger partial charge on any atom is 0.412 e. The third kappa shape index (κ3) is 5.13. The number of carbonyl (C=O) groups is 3. The molecule has 1 atom stereocenters. The zero-order valence-electron chi connectivity index (χ0n) is 16.2. The second kappa shape index (κ2) is 9.08. The first-order chi connectivity index (χ1) is 14.4. The first kappa shape index (κ1) is 20.8. The Bertz CT molecular complexity index is 987. The summed E-state index contributed by atoms with van der Waals surface area (Å²) in [4.78, 5) is 34.5. The van der Waals surface area contributed by atoms with Crippen LogP contribution >= 0.6 is 0 Å². The van der Waals surface area contributed by atoms with E-state index in [9.17, 15) is 14.4 Å². The van der Waals surface area contributed by atoms with Crippen LogP contribution in [0.3, 0.4) is 0 Å². The van der Waals surface area contributed by atoms with Crippen molar-refractivity contribution in [3.05, 3.63) is 59.2 Å². The number of aliphatic carboxylic acids is 1. The molecule has 156 valence electrons. The lowest BCUT2D eigenvalue weighted by Gasteiger charge is -2.25. The minimum absolute atomic E-state index is 0.0411. The normalized spacial score (nSPS) is 14.6. The van der Waals surface area contributed by atoms with E-state index in [0.717, 1.165) is 5.56 Å². The molecule has 2 aromatic rings. The number of amides is 2. The quantitative estimate of drug-likeness (QED) is 0.441. The van der Waals surface area contributed by atoms with Crippen molar-refractivity contribution in [3.8, 4) is 5.75 Å². The summed E-state index contributed by atoms with van der Waals surface area (Å²) in [6.07, 6.45) is 0.138. The van der Waals surface area contributed by atoms with Crippen LogP contribution in [-0.4, -0.2) is 42.1 Å². The third-order valence-electron chi connectivity index (χ3n) is 4.60. The molecule has 0 radical (unpaired) electrons. The van der Waals surface area contributed by atoms with E-state index in [1.807, 2.05) is 6.07 Å².